The van der Waals surface area contributed by atoms with Crippen molar-refractivity contribution in [2.24, 2.45) is 5.92 Å². The third-order valence-electron chi connectivity index (χ3n) is 4.75. The molecule has 1 N–H and O–H groups in total. The molecule has 1 aliphatic carbocycles. The van der Waals surface area contributed by atoms with Gasteiger partial charge in [-0.05, 0) is 50.7 Å². The number of nitrogens with one attached hydrogen (secondary N) is 1. The first kappa shape index (κ1) is 14.3. The van der Waals surface area contributed by atoms with Crippen molar-refractivity contribution in [2.75, 3.05) is 18.4 Å². The van der Waals surface area contributed by atoms with Crippen LogP contribution in [0.3, 0.4) is 0 Å². The average Bonchev–Trinajstić information content (AvgIpc) is 2.55. The van der Waals surface area contributed by atoms with E-state index in [0.717, 1.165) is 31.7 Å². The van der Waals surface area contributed by atoms with Crippen LogP contribution in [0.4, 0.5) is 5.82 Å². The Morgan fingerprint density at radius 3 is 2.81 bits per heavy atom. The number of hydrogen-bond acceptors (Lipinski definition) is 4. The van der Waals surface area contributed by atoms with E-state index < -0.39 is 0 Å². The van der Waals surface area contributed by atoms with Gasteiger partial charge >= 0.3 is 0 Å². The Bertz CT molecular complexity index is 486. The zero-order chi connectivity index (χ0) is 14.7. The number of nitrogens with zero attached hydrogens (tertiary/aromatic N) is 3. The van der Waals surface area contributed by atoms with E-state index in [-0.39, 0.29) is 5.91 Å². The summed E-state index contributed by atoms with van der Waals surface area (Å²) in [4.78, 5) is 14.8. The predicted octanol–water partition coefficient (Wildman–Crippen LogP) is 2.70. The van der Waals surface area contributed by atoms with Gasteiger partial charge in [-0.25, -0.2) is 0 Å². The molecule has 1 aliphatic heterocycles. The van der Waals surface area contributed by atoms with Crippen molar-refractivity contribution >= 4 is 11.7 Å². The summed E-state index contributed by atoms with van der Waals surface area (Å²) in [6.07, 6.45) is 7.39. The fourth-order valence-electron chi connectivity index (χ4n) is 3.75. The monoisotopic (exact) mass is 288 g/mol. The molecular weight excluding hydrogens is 264 g/mol. The number of fused-ring (bicyclic) bond motifs is 1. The molecule has 0 radical (unpaired) electrons. The van der Waals surface area contributed by atoms with Crippen LogP contribution in [0.2, 0.25) is 0 Å². The molecule has 2 heterocycles. The first-order valence-corrected chi connectivity index (χ1v) is 8.18. The van der Waals surface area contributed by atoms with Gasteiger partial charge in [-0.2, -0.15) is 0 Å². The Hall–Kier alpha value is -1.65. The van der Waals surface area contributed by atoms with Gasteiger partial charge in [-0.1, -0.05) is 12.8 Å². The minimum atomic E-state index is 0.0575. The minimum Gasteiger partial charge on any atom is -0.369 e. The summed E-state index contributed by atoms with van der Waals surface area (Å²) in [5.41, 5.74) is 0.475. The van der Waals surface area contributed by atoms with Gasteiger partial charge in [0.05, 0.1) is 0 Å². The molecule has 3 rings (SSSR count). The smallest absolute Gasteiger partial charge is 0.274 e. The maximum Gasteiger partial charge on any atom is 0.274 e. The first-order valence-electron chi connectivity index (χ1n) is 8.18. The lowest BCUT2D eigenvalue weighted by atomic mass is 9.78. The van der Waals surface area contributed by atoms with Gasteiger partial charge in [-0.3, -0.25) is 4.79 Å². The SMILES string of the molecule is CCNc1ccc(C(=O)N2CCCC3CCCCC32)nn1. The molecule has 2 aliphatic rings. The van der Waals surface area contributed by atoms with Gasteiger partial charge in [-0.15, -0.1) is 10.2 Å². The fraction of sp³-hybridized carbons (Fsp3) is 0.688. The maximum absolute atomic E-state index is 12.7. The molecule has 114 valence electrons. The molecule has 1 saturated heterocycles. The number of amides is 1. The summed E-state index contributed by atoms with van der Waals surface area (Å²) in [6.45, 7) is 3.69. The third kappa shape index (κ3) is 3.01. The Morgan fingerprint density at radius 1 is 1.24 bits per heavy atom. The summed E-state index contributed by atoms with van der Waals surface area (Å²) in [6, 6.07) is 4.06. The van der Waals surface area contributed by atoms with Crippen molar-refractivity contribution in [1.29, 1.82) is 0 Å². The largest absolute Gasteiger partial charge is 0.369 e. The van der Waals surface area contributed by atoms with E-state index in [4.69, 9.17) is 0 Å². The van der Waals surface area contributed by atoms with Crippen LogP contribution >= 0.6 is 0 Å². The van der Waals surface area contributed by atoms with E-state index in [9.17, 15) is 4.79 Å². The number of anilines is 1. The molecule has 1 aromatic rings. The van der Waals surface area contributed by atoms with Crippen LogP contribution in [0.25, 0.3) is 0 Å². The summed E-state index contributed by atoms with van der Waals surface area (Å²) >= 11 is 0. The molecule has 1 aromatic heterocycles. The maximum atomic E-state index is 12.7. The molecule has 1 saturated carbocycles. The lowest BCUT2D eigenvalue weighted by Crippen LogP contribution is -2.49. The van der Waals surface area contributed by atoms with Crippen LogP contribution in [0, 0.1) is 5.92 Å². The Balaban J connectivity index is 1.73. The lowest BCUT2D eigenvalue weighted by Gasteiger charge is -2.43. The zero-order valence-corrected chi connectivity index (χ0v) is 12.7. The number of carbonyl (C=O) groups excluding carboxylic acids is 1. The highest BCUT2D eigenvalue weighted by atomic mass is 16.2. The molecule has 0 bridgehead atoms. The number of rotatable bonds is 3. The average molecular weight is 288 g/mol. The molecule has 2 fully saturated rings. The number of piperidine rings is 1. The summed E-state index contributed by atoms with van der Waals surface area (Å²) in [7, 11) is 0. The van der Waals surface area contributed by atoms with Crippen LogP contribution in [-0.2, 0) is 0 Å². The molecule has 5 heteroatoms. The number of likely N-dealkylation sites (tertiary alicyclic amines) is 1. The fourth-order valence-corrected chi connectivity index (χ4v) is 3.75. The van der Waals surface area contributed by atoms with Gasteiger partial charge in [0.1, 0.15) is 5.82 Å². The molecule has 2 atom stereocenters. The number of carbonyl (C=O) groups is 1. The highest BCUT2D eigenvalue weighted by Crippen LogP contribution is 2.35. The van der Waals surface area contributed by atoms with Gasteiger partial charge in [0, 0.05) is 19.1 Å². The summed E-state index contributed by atoms with van der Waals surface area (Å²) in [5, 5.41) is 11.3. The normalized spacial score (nSPS) is 25.3. The van der Waals surface area contributed by atoms with Crippen LogP contribution in [0.5, 0.6) is 0 Å². The Kier molecular flexibility index (Phi) is 4.36. The molecule has 1 amide bonds. The molecule has 0 spiro atoms. The zero-order valence-electron chi connectivity index (χ0n) is 12.7. The van der Waals surface area contributed by atoms with Crippen molar-refractivity contribution < 1.29 is 4.79 Å². The highest BCUT2D eigenvalue weighted by molar-refractivity contribution is 5.92. The third-order valence-corrected chi connectivity index (χ3v) is 4.75. The molecule has 5 nitrogen and oxygen atoms in total. The highest BCUT2D eigenvalue weighted by Gasteiger charge is 2.36. The first-order chi connectivity index (χ1) is 10.3. The second kappa shape index (κ2) is 6.41. The van der Waals surface area contributed by atoms with E-state index >= 15 is 0 Å². The molecular formula is C16H24N4O. The van der Waals surface area contributed by atoms with Crippen molar-refractivity contribution in [3.63, 3.8) is 0 Å². The van der Waals surface area contributed by atoms with Gasteiger partial charge < -0.3 is 10.2 Å². The summed E-state index contributed by atoms with van der Waals surface area (Å²) in [5.74, 6) is 1.48. The van der Waals surface area contributed by atoms with Gasteiger partial charge in [0.15, 0.2) is 5.69 Å². The molecule has 0 aromatic carbocycles. The topological polar surface area (TPSA) is 58.1 Å². The van der Waals surface area contributed by atoms with E-state index in [1.807, 2.05) is 13.0 Å². The minimum absolute atomic E-state index is 0.0575. The predicted molar refractivity (Wildman–Crippen MR) is 82.2 cm³/mol. The van der Waals surface area contributed by atoms with E-state index in [1.54, 1.807) is 6.07 Å². The van der Waals surface area contributed by atoms with Crippen molar-refractivity contribution in [2.45, 2.75) is 51.5 Å². The standard InChI is InChI=1S/C16H24N4O/c1-2-17-15-10-9-13(18-19-15)16(21)20-11-5-7-12-6-3-4-8-14(12)20/h9-10,12,14H,2-8,11H2,1H3,(H,17,19). The van der Waals surface area contributed by atoms with Crippen molar-refractivity contribution in [3.05, 3.63) is 17.8 Å². The molecule has 2 unspecified atom stereocenters. The molecule has 21 heavy (non-hydrogen) atoms. The second-order valence-electron chi connectivity index (χ2n) is 6.09. The second-order valence-corrected chi connectivity index (χ2v) is 6.09. The van der Waals surface area contributed by atoms with Gasteiger partial charge in [0.25, 0.3) is 5.91 Å². The van der Waals surface area contributed by atoms with Crippen LogP contribution in [-0.4, -0.2) is 40.1 Å². The van der Waals surface area contributed by atoms with Gasteiger partial charge in [0.2, 0.25) is 0 Å². The van der Waals surface area contributed by atoms with E-state index in [0.29, 0.717) is 17.7 Å². The Morgan fingerprint density at radius 2 is 2.05 bits per heavy atom. The summed E-state index contributed by atoms with van der Waals surface area (Å²) < 4.78 is 0. The van der Waals surface area contributed by atoms with E-state index in [2.05, 4.69) is 20.4 Å². The van der Waals surface area contributed by atoms with Crippen LogP contribution in [0.15, 0.2) is 12.1 Å². The van der Waals surface area contributed by atoms with Crippen molar-refractivity contribution in [3.8, 4) is 0 Å². The quantitative estimate of drug-likeness (QED) is 0.929. The van der Waals surface area contributed by atoms with Crippen molar-refractivity contribution in [1.82, 2.24) is 15.1 Å². The van der Waals surface area contributed by atoms with Crippen LogP contribution < -0.4 is 5.32 Å². The Labute approximate surface area is 126 Å². The number of aromatic nitrogens is 2. The van der Waals surface area contributed by atoms with E-state index in [1.165, 1.54) is 25.7 Å². The van der Waals surface area contributed by atoms with Crippen LogP contribution in [0.1, 0.15) is 55.9 Å². The lowest BCUT2D eigenvalue weighted by molar-refractivity contribution is 0.0384. The number of hydrogen-bond donors (Lipinski definition) is 1.